The number of phenols is 1. The number of likely N-dealkylation sites (tertiary alicyclic amines) is 1. The molecule has 102 valence electrons. The first-order chi connectivity index (χ1) is 9.20. The predicted octanol–water partition coefficient (Wildman–Crippen LogP) is 3.32. The molecule has 1 aromatic rings. The maximum absolute atomic E-state index is 10.1. The van der Waals surface area contributed by atoms with E-state index in [1.54, 1.807) is 0 Å². The smallest absolute Gasteiger partial charge is 0.119 e. The van der Waals surface area contributed by atoms with E-state index in [2.05, 4.69) is 24.5 Å². The van der Waals surface area contributed by atoms with Gasteiger partial charge in [-0.2, -0.15) is 0 Å². The number of hydrogen-bond donors (Lipinski definition) is 1. The summed E-state index contributed by atoms with van der Waals surface area (Å²) < 4.78 is 0. The number of benzene rings is 1. The van der Waals surface area contributed by atoms with Crippen molar-refractivity contribution in [3.05, 3.63) is 42.0 Å². The molecule has 1 aromatic carbocycles. The molecule has 1 heterocycles. The summed E-state index contributed by atoms with van der Waals surface area (Å²) in [5.74, 6) is 1.79. The van der Waals surface area contributed by atoms with Crippen LogP contribution < -0.4 is 0 Å². The largest absolute Gasteiger partial charge is 0.508 e. The van der Waals surface area contributed by atoms with E-state index in [9.17, 15) is 5.11 Å². The topological polar surface area (TPSA) is 23.5 Å². The summed E-state index contributed by atoms with van der Waals surface area (Å²) in [6, 6.07) is 6.67. The van der Waals surface area contributed by atoms with Gasteiger partial charge in [0.1, 0.15) is 5.75 Å². The molecule has 1 saturated heterocycles. The molecule has 0 spiro atoms. The second-order valence-corrected chi connectivity index (χ2v) is 6.14. The quantitative estimate of drug-likeness (QED) is 0.822. The van der Waals surface area contributed by atoms with Gasteiger partial charge in [0.2, 0.25) is 0 Å². The Morgan fingerprint density at radius 1 is 1.47 bits per heavy atom. The van der Waals surface area contributed by atoms with Gasteiger partial charge in [-0.1, -0.05) is 25.1 Å². The number of aromatic hydroxyl groups is 1. The van der Waals surface area contributed by atoms with Gasteiger partial charge in [0.25, 0.3) is 0 Å². The number of phenolic OH excluding ortho intramolecular Hbond substituents is 1. The van der Waals surface area contributed by atoms with Crippen LogP contribution in [0.1, 0.15) is 36.8 Å². The Balaban J connectivity index is 1.96. The van der Waals surface area contributed by atoms with Crippen LogP contribution in [-0.4, -0.2) is 29.1 Å². The van der Waals surface area contributed by atoms with Gasteiger partial charge >= 0.3 is 0 Å². The third kappa shape index (κ3) is 2.18. The molecule has 3 atom stereocenters. The molecule has 2 heteroatoms. The Hall–Kier alpha value is -1.28. The fraction of sp³-hybridized carbons (Fsp3) is 0.529. The summed E-state index contributed by atoms with van der Waals surface area (Å²) in [6.45, 7) is 8.40. The van der Waals surface area contributed by atoms with Crippen LogP contribution in [0.2, 0.25) is 0 Å². The van der Waals surface area contributed by atoms with Gasteiger partial charge in [-0.25, -0.2) is 0 Å². The van der Waals surface area contributed by atoms with Gasteiger partial charge in [0.15, 0.2) is 0 Å². The molecule has 0 bridgehead atoms. The molecule has 0 saturated carbocycles. The van der Waals surface area contributed by atoms with Crippen molar-refractivity contribution in [2.45, 2.75) is 38.1 Å². The maximum atomic E-state index is 10.1. The molecule has 2 nitrogen and oxygen atoms in total. The minimum Gasteiger partial charge on any atom is -0.508 e. The maximum Gasteiger partial charge on any atom is 0.119 e. The number of rotatable bonds is 2. The summed E-state index contributed by atoms with van der Waals surface area (Å²) in [7, 11) is 0. The highest BCUT2D eigenvalue weighted by molar-refractivity contribution is 5.44. The van der Waals surface area contributed by atoms with Gasteiger partial charge in [0, 0.05) is 25.0 Å². The van der Waals surface area contributed by atoms with Crippen molar-refractivity contribution in [2.75, 3.05) is 13.1 Å². The highest BCUT2D eigenvalue weighted by Crippen LogP contribution is 2.44. The van der Waals surface area contributed by atoms with E-state index < -0.39 is 0 Å². The predicted molar refractivity (Wildman–Crippen MR) is 78.5 cm³/mol. The monoisotopic (exact) mass is 257 g/mol. The zero-order chi connectivity index (χ0) is 13.4. The molecular weight excluding hydrogens is 234 g/mol. The molecule has 3 rings (SSSR count). The zero-order valence-electron chi connectivity index (χ0n) is 11.7. The summed E-state index contributed by atoms with van der Waals surface area (Å²) >= 11 is 0. The SMILES string of the molecule is C=CCN1CC(C)CC2c3cccc(O)c3CCC21. The van der Waals surface area contributed by atoms with E-state index in [1.165, 1.54) is 24.1 Å². The van der Waals surface area contributed by atoms with Crippen LogP contribution in [0, 0.1) is 5.92 Å². The fourth-order valence-corrected chi connectivity index (χ4v) is 4.05. The number of piperidine rings is 1. The lowest BCUT2D eigenvalue weighted by atomic mass is 9.72. The van der Waals surface area contributed by atoms with Crippen LogP contribution in [0.15, 0.2) is 30.9 Å². The van der Waals surface area contributed by atoms with Crippen LogP contribution in [-0.2, 0) is 6.42 Å². The van der Waals surface area contributed by atoms with Crippen molar-refractivity contribution >= 4 is 0 Å². The van der Waals surface area contributed by atoms with Crippen LogP contribution in [0.4, 0.5) is 0 Å². The molecular formula is C17H23NO. The van der Waals surface area contributed by atoms with E-state index >= 15 is 0 Å². The van der Waals surface area contributed by atoms with Gasteiger partial charge in [-0.15, -0.1) is 6.58 Å². The van der Waals surface area contributed by atoms with Crippen molar-refractivity contribution in [1.82, 2.24) is 4.90 Å². The number of fused-ring (bicyclic) bond motifs is 3. The molecule has 3 unspecified atom stereocenters. The van der Waals surface area contributed by atoms with E-state index in [1.807, 2.05) is 18.2 Å². The van der Waals surface area contributed by atoms with E-state index in [0.717, 1.165) is 25.3 Å². The first-order valence-electron chi connectivity index (χ1n) is 7.36. The lowest BCUT2D eigenvalue weighted by Crippen LogP contribution is -2.49. The summed E-state index contributed by atoms with van der Waals surface area (Å²) in [5.41, 5.74) is 2.58. The standard InChI is InChI=1S/C17H23NO/c1-3-9-18-11-12(2)10-15-13-5-4-6-17(19)14(13)7-8-16(15)18/h3-6,12,15-16,19H,1,7-11H2,2H3. The van der Waals surface area contributed by atoms with E-state index in [-0.39, 0.29) is 0 Å². The second kappa shape index (κ2) is 5.01. The number of nitrogens with zero attached hydrogens (tertiary/aromatic N) is 1. The molecule has 0 radical (unpaired) electrons. The molecule has 19 heavy (non-hydrogen) atoms. The van der Waals surface area contributed by atoms with Crippen LogP contribution in [0.3, 0.4) is 0 Å². The minimum absolute atomic E-state index is 0.490. The van der Waals surface area contributed by atoms with E-state index in [0.29, 0.717) is 17.7 Å². The Bertz CT molecular complexity index is 482. The highest BCUT2D eigenvalue weighted by Gasteiger charge is 2.38. The molecule has 1 fully saturated rings. The third-order valence-electron chi connectivity index (χ3n) is 4.78. The van der Waals surface area contributed by atoms with Gasteiger partial charge in [-0.05, 0) is 42.4 Å². The average Bonchev–Trinajstić information content (AvgIpc) is 2.39. The average molecular weight is 257 g/mol. The van der Waals surface area contributed by atoms with Crippen LogP contribution in [0.25, 0.3) is 0 Å². The Labute approximate surface area is 115 Å². The fourth-order valence-electron chi connectivity index (χ4n) is 4.05. The van der Waals surface area contributed by atoms with Crippen molar-refractivity contribution in [1.29, 1.82) is 0 Å². The Morgan fingerprint density at radius 2 is 2.32 bits per heavy atom. The Morgan fingerprint density at radius 3 is 3.11 bits per heavy atom. The first-order valence-corrected chi connectivity index (χ1v) is 7.36. The molecule has 0 amide bonds. The molecule has 1 N–H and O–H groups in total. The van der Waals surface area contributed by atoms with Crippen molar-refractivity contribution in [2.24, 2.45) is 5.92 Å². The summed E-state index contributed by atoms with van der Waals surface area (Å²) in [4.78, 5) is 2.58. The Kier molecular flexibility index (Phi) is 3.36. The molecule has 0 aromatic heterocycles. The van der Waals surface area contributed by atoms with Crippen LogP contribution >= 0.6 is 0 Å². The van der Waals surface area contributed by atoms with Gasteiger partial charge in [-0.3, -0.25) is 4.90 Å². The van der Waals surface area contributed by atoms with Gasteiger partial charge in [0.05, 0.1) is 0 Å². The highest BCUT2D eigenvalue weighted by atomic mass is 16.3. The summed E-state index contributed by atoms with van der Waals surface area (Å²) in [6.07, 6.45) is 5.43. The van der Waals surface area contributed by atoms with E-state index in [4.69, 9.17) is 0 Å². The number of hydrogen-bond acceptors (Lipinski definition) is 2. The molecule has 1 aliphatic heterocycles. The first kappa shape index (κ1) is 12.7. The summed E-state index contributed by atoms with van der Waals surface area (Å²) in [5, 5.41) is 10.1. The second-order valence-electron chi connectivity index (χ2n) is 6.14. The lowest BCUT2D eigenvalue weighted by Gasteiger charge is -2.47. The van der Waals surface area contributed by atoms with Crippen molar-refractivity contribution < 1.29 is 5.11 Å². The normalized spacial score (nSPS) is 30.5. The van der Waals surface area contributed by atoms with Gasteiger partial charge < -0.3 is 5.11 Å². The van der Waals surface area contributed by atoms with Crippen LogP contribution in [0.5, 0.6) is 5.75 Å². The molecule has 1 aliphatic carbocycles. The minimum atomic E-state index is 0.490. The molecule has 2 aliphatic rings. The third-order valence-corrected chi connectivity index (χ3v) is 4.78. The zero-order valence-corrected chi connectivity index (χ0v) is 11.7. The lowest BCUT2D eigenvalue weighted by molar-refractivity contribution is 0.0927. The van der Waals surface area contributed by atoms with Crippen molar-refractivity contribution in [3.8, 4) is 5.75 Å². The van der Waals surface area contributed by atoms with Crippen molar-refractivity contribution in [3.63, 3.8) is 0 Å².